The Morgan fingerprint density at radius 2 is 2.06 bits per heavy atom. The molecule has 90 valence electrons. The zero-order valence-electron chi connectivity index (χ0n) is 9.97. The molecule has 3 heteroatoms. The number of hydrogen-bond acceptors (Lipinski definition) is 1. The van der Waals surface area contributed by atoms with E-state index in [0.717, 1.165) is 16.6 Å². The van der Waals surface area contributed by atoms with Gasteiger partial charge in [0.15, 0.2) is 0 Å². The Labute approximate surface area is 111 Å². The molecule has 0 bridgehead atoms. The summed E-state index contributed by atoms with van der Waals surface area (Å²) < 4.78 is 6.21. The van der Waals surface area contributed by atoms with Crippen LogP contribution in [0.25, 0.3) is 0 Å². The molecule has 0 aliphatic carbocycles. The van der Waals surface area contributed by atoms with Crippen LogP contribution in [-0.4, -0.2) is 13.0 Å². The van der Waals surface area contributed by atoms with Crippen molar-refractivity contribution in [3.05, 3.63) is 28.2 Å². The molecule has 1 rings (SSSR count). The second kappa shape index (κ2) is 6.51. The number of alkyl halides is 1. The van der Waals surface area contributed by atoms with Gasteiger partial charge in [0, 0.05) is 5.88 Å². The standard InChI is InChI=1S/C13H18BrClO/c1-9(2)11(8-15)6-10-4-5-13(16-3)12(14)7-10/h4-5,7,9,11H,6,8H2,1-3H3. The van der Waals surface area contributed by atoms with Crippen molar-refractivity contribution in [3.8, 4) is 5.75 Å². The topological polar surface area (TPSA) is 9.23 Å². The molecule has 0 amide bonds. The molecule has 1 unspecified atom stereocenters. The van der Waals surface area contributed by atoms with E-state index in [9.17, 15) is 0 Å². The van der Waals surface area contributed by atoms with Crippen molar-refractivity contribution in [1.29, 1.82) is 0 Å². The summed E-state index contributed by atoms with van der Waals surface area (Å²) in [6.07, 6.45) is 1.02. The Kier molecular flexibility index (Phi) is 5.63. The first kappa shape index (κ1) is 13.9. The van der Waals surface area contributed by atoms with E-state index in [0.29, 0.717) is 17.7 Å². The molecular formula is C13H18BrClO. The molecule has 1 aromatic rings. The fourth-order valence-electron chi connectivity index (χ4n) is 1.61. The van der Waals surface area contributed by atoms with Gasteiger partial charge in [-0.25, -0.2) is 0 Å². The van der Waals surface area contributed by atoms with Crippen molar-refractivity contribution in [2.75, 3.05) is 13.0 Å². The van der Waals surface area contributed by atoms with E-state index in [1.54, 1.807) is 7.11 Å². The van der Waals surface area contributed by atoms with Gasteiger partial charge in [-0.15, -0.1) is 11.6 Å². The average molecular weight is 306 g/mol. The van der Waals surface area contributed by atoms with E-state index in [4.69, 9.17) is 16.3 Å². The first-order valence-electron chi connectivity index (χ1n) is 5.46. The minimum absolute atomic E-state index is 0.530. The molecule has 0 aromatic heterocycles. The molecule has 0 saturated carbocycles. The minimum Gasteiger partial charge on any atom is -0.496 e. The number of ether oxygens (including phenoxy) is 1. The highest BCUT2D eigenvalue weighted by molar-refractivity contribution is 9.10. The number of halogens is 2. The van der Waals surface area contributed by atoms with Gasteiger partial charge in [-0.05, 0) is 51.9 Å². The molecule has 0 heterocycles. The Balaban J connectivity index is 2.78. The largest absolute Gasteiger partial charge is 0.496 e. The summed E-state index contributed by atoms with van der Waals surface area (Å²) in [4.78, 5) is 0. The van der Waals surface area contributed by atoms with Crippen LogP contribution in [0.3, 0.4) is 0 Å². The van der Waals surface area contributed by atoms with Gasteiger partial charge in [0.1, 0.15) is 5.75 Å². The third-order valence-electron chi connectivity index (χ3n) is 2.86. The molecule has 0 radical (unpaired) electrons. The van der Waals surface area contributed by atoms with Gasteiger partial charge in [0.25, 0.3) is 0 Å². The quantitative estimate of drug-likeness (QED) is 0.727. The van der Waals surface area contributed by atoms with E-state index in [-0.39, 0.29) is 0 Å². The van der Waals surface area contributed by atoms with Gasteiger partial charge in [-0.3, -0.25) is 0 Å². The average Bonchev–Trinajstić information content (AvgIpc) is 2.25. The molecule has 0 aliphatic rings. The van der Waals surface area contributed by atoms with Crippen molar-refractivity contribution in [3.63, 3.8) is 0 Å². The van der Waals surface area contributed by atoms with Crippen LogP contribution >= 0.6 is 27.5 Å². The Morgan fingerprint density at radius 3 is 2.50 bits per heavy atom. The maximum Gasteiger partial charge on any atom is 0.133 e. The number of methoxy groups -OCH3 is 1. The first-order chi connectivity index (χ1) is 7.58. The molecule has 0 spiro atoms. The van der Waals surface area contributed by atoms with E-state index >= 15 is 0 Å². The van der Waals surface area contributed by atoms with E-state index in [2.05, 4.69) is 41.9 Å². The summed E-state index contributed by atoms with van der Waals surface area (Å²) in [6, 6.07) is 6.21. The predicted molar refractivity (Wildman–Crippen MR) is 73.4 cm³/mol. The van der Waals surface area contributed by atoms with Gasteiger partial charge in [0.2, 0.25) is 0 Å². The van der Waals surface area contributed by atoms with E-state index in [1.807, 2.05) is 6.07 Å². The number of hydrogen-bond donors (Lipinski definition) is 0. The maximum absolute atomic E-state index is 5.97. The SMILES string of the molecule is COc1ccc(CC(CCl)C(C)C)cc1Br. The first-order valence-corrected chi connectivity index (χ1v) is 6.79. The second-order valence-corrected chi connectivity index (χ2v) is 5.49. The molecule has 0 saturated heterocycles. The molecule has 1 aromatic carbocycles. The van der Waals surface area contributed by atoms with Crippen LogP contribution in [0.2, 0.25) is 0 Å². The Bertz CT molecular complexity index is 339. The van der Waals surface area contributed by atoms with Gasteiger partial charge >= 0.3 is 0 Å². The van der Waals surface area contributed by atoms with Crippen LogP contribution in [0.4, 0.5) is 0 Å². The van der Waals surface area contributed by atoms with Crippen LogP contribution in [-0.2, 0) is 6.42 Å². The zero-order chi connectivity index (χ0) is 12.1. The third-order valence-corrected chi connectivity index (χ3v) is 3.87. The fraction of sp³-hybridized carbons (Fsp3) is 0.538. The highest BCUT2D eigenvalue weighted by atomic mass is 79.9. The van der Waals surface area contributed by atoms with Crippen LogP contribution in [0, 0.1) is 11.8 Å². The Morgan fingerprint density at radius 1 is 1.38 bits per heavy atom. The number of benzene rings is 1. The molecular weight excluding hydrogens is 287 g/mol. The minimum atomic E-state index is 0.530. The lowest BCUT2D eigenvalue weighted by atomic mass is 9.91. The number of rotatable bonds is 5. The molecule has 1 nitrogen and oxygen atoms in total. The van der Waals surface area contributed by atoms with Crippen molar-refractivity contribution in [2.45, 2.75) is 20.3 Å². The van der Waals surface area contributed by atoms with Gasteiger partial charge in [-0.1, -0.05) is 19.9 Å². The summed E-state index contributed by atoms with van der Waals surface area (Å²) in [5.41, 5.74) is 1.30. The summed E-state index contributed by atoms with van der Waals surface area (Å²) in [7, 11) is 1.68. The highest BCUT2D eigenvalue weighted by Crippen LogP contribution is 2.27. The summed E-state index contributed by atoms with van der Waals surface area (Å²) in [5, 5.41) is 0. The summed E-state index contributed by atoms with van der Waals surface area (Å²) >= 11 is 9.47. The molecule has 16 heavy (non-hydrogen) atoms. The van der Waals surface area contributed by atoms with Crippen molar-refractivity contribution < 1.29 is 4.74 Å². The fourth-order valence-corrected chi connectivity index (χ4v) is 2.66. The van der Waals surface area contributed by atoms with Crippen LogP contribution in [0.15, 0.2) is 22.7 Å². The second-order valence-electron chi connectivity index (χ2n) is 4.33. The third kappa shape index (κ3) is 3.67. The maximum atomic E-state index is 5.97. The molecule has 0 N–H and O–H groups in total. The van der Waals surface area contributed by atoms with Crippen molar-refractivity contribution in [2.24, 2.45) is 11.8 Å². The van der Waals surface area contributed by atoms with Crippen molar-refractivity contribution in [1.82, 2.24) is 0 Å². The lowest BCUT2D eigenvalue weighted by Crippen LogP contribution is -2.13. The van der Waals surface area contributed by atoms with E-state index < -0.39 is 0 Å². The van der Waals surface area contributed by atoms with Gasteiger partial charge in [0.05, 0.1) is 11.6 Å². The normalized spacial score (nSPS) is 12.9. The molecule has 1 atom stereocenters. The predicted octanol–water partition coefficient (Wildman–Crippen LogP) is 4.51. The van der Waals surface area contributed by atoms with Crippen LogP contribution in [0.5, 0.6) is 5.75 Å². The lowest BCUT2D eigenvalue weighted by Gasteiger charge is -2.18. The molecule has 0 fully saturated rings. The Hall–Kier alpha value is -0.210. The molecule has 0 aliphatic heterocycles. The van der Waals surface area contributed by atoms with Gasteiger partial charge in [-0.2, -0.15) is 0 Å². The smallest absolute Gasteiger partial charge is 0.133 e. The zero-order valence-corrected chi connectivity index (χ0v) is 12.3. The van der Waals surface area contributed by atoms with Crippen LogP contribution < -0.4 is 4.74 Å². The van der Waals surface area contributed by atoms with Crippen LogP contribution in [0.1, 0.15) is 19.4 Å². The monoisotopic (exact) mass is 304 g/mol. The summed E-state index contributed by atoms with van der Waals surface area (Å²) in [5.74, 6) is 2.72. The van der Waals surface area contributed by atoms with Crippen molar-refractivity contribution >= 4 is 27.5 Å². The van der Waals surface area contributed by atoms with Gasteiger partial charge < -0.3 is 4.74 Å². The highest BCUT2D eigenvalue weighted by Gasteiger charge is 2.13. The summed E-state index contributed by atoms with van der Waals surface area (Å²) in [6.45, 7) is 4.43. The van der Waals surface area contributed by atoms with E-state index in [1.165, 1.54) is 5.56 Å². The lowest BCUT2D eigenvalue weighted by molar-refractivity contribution is 0.409.